The molecule has 0 atom stereocenters. The van der Waals surface area contributed by atoms with Gasteiger partial charge in [0, 0.05) is 19.9 Å². The van der Waals surface area contributed by atoms with Crippen LogP contribution in [0.15, 0.2) is 9.98 Å². The molecular formula is C15H33N6O4+. The Morgan fingerprint density at radius 1 is 1.12 bits per heavy atom. The Labute approximate surface area is 149 Å². The molecule has 25 heavy (non-hydrogen) atoms. The van der Waals surface area contributed by atoms with Crippen molar-refractivity contribution >= 4 is 23.7 Å². The number of hydrogen-bond acceptors (Lipinski definition) is 6. The SMILES string of the molecule is CC(=O)OO.CCC(=O)CN=C(N)NC(N)=NCCCC[N+](C)(C)C. The highest BCUT2D eigenvalue weighted by atomic mass is 17.1. The van der Waals surface area contributed by atoms with Gasteiger partial charge >= 0.3 is 5.97 Å². The second-order valence-corrected chi connectivity index (χ2v) is 6.29. The van der Waals surface area contributed by atoms with E-state index in [-0.39, 0.29) is 24.2 Å². The molecule has 0 aromatic carbocycles. The monoisotopic (exact) mass is 361 g/mol. The number of guanidine groups is 2. The fraction of sp³-hybridized carbons (Fsp3) is 0.733. The zero-order valence-corrected chi connectivity index (χ0v) is 15.9. The van der Waals surface area contributed by atoms with Crippen molar-refractivity contribution in [1.82, 2.24) is 5.32 Å². The normalized spacial score (nSPS) is 12.1. The highest BCUT2D eigenvalue weighted by molar-refractivity contribution is 5.97. The van der Waals surface area contributed by atoms with Crippen LogP contribution in [0.25, 0.3) is 0 Å². The van der Waals surface area contributed by atoms with Gasteiger partial charge in [-0.05, 0) is 12.8 Å². The molecule has 0 amide bonds. The van der Waals surface area contributed by atoms with Crippen LogP contribution in [0, 0.1) is 0 Å². The molecule has 0 aliphatic carbocycles. The van der Waals surface area contributed by atoms with E-state index < -0.39 is 5.97 Å². The first-order chi connectivity index (χ1) is 11.5. The highest BCUT2D eigenvalue weighted by Crippen LogP contribution is 1.97. The molecule has 0 heterocycles. The van der Waals surface area contributed by atoms with Crippen LogP contribution in [-0.4, -0.2) is 74.2 Å². The Morgan fingerprint density at radius 2 is 1.64 bits per heavy atom. The highest BCUT2D eigenvalue weighted by Gasteiger charge is 2.05. The van der Waals surface area contributed by atoms with Gasteiger partial charge in [0.25, 0.3) is 0 Å². The lowest BCUT2D eigenvalue weighted by atomic mass is 10.3. The van der Waals surface area contributed by atoms with E-state index in [2.05, 4.69) is 41.3 Å². The smallest absolute Gasteiger partial charge is 0.339 e. The Kier molecular flexibility index (Phi) is 14.2. The number of Topliss-reactive ketones (excluding diaryl/α,β-unsaturated/α-hetero) is 1. The van der Waals surface area contributed by atoms with Gasteiger partial charge in [-0.15, -0.1) is 0 Å². The van der Waals surface area contributed by atoms with E-state index in [9.17, 15) is 9.59 Å². The molecule has 0 rings (SSSR count). The maximum absolute atomic E-state index is 11.1. The first kappa shape index (κ1) is 25.0. The van der Waals surface area contributed by atoms with Crippen molar-refractivity contribution in [3.63, 3.8) is 0 Å². The van der Waals surface area contributed by atoms with E-state index in [1.807, 2.05) is 0 Å². The van der Waals surface area contributed by atoms with Crippen molar-refractivity contribution < 1.29 is 24.2 Å². The molecule has 0 bridgehead atoms. The van der Waals surface area contributed by atoms with Crippen molar-refractivity contribution in [3.05, 3.63) is 0 Å². The molecular weight excluding hydrogens is 328 g/mol. The summed E-state index contributed by atoms with van der Waals surface area (Å²) in [4.78, 5) is 31.6. The molecule has 0 saturated carbocycles. The minimum absolute atomic E-state index is 0.0329. The van der Waals surface area contributed by atoms with Gasteiger partial charge in [0.05, 0.1) is 27.7 Å². The zero-order chi connectivity index (χ0) is 19.9. The third kappa shape index (κ3) is 21.8. The number of nitrogens with two attached hydrogens (primary N) is 2. The number of nitrogens with one attached hydrogen (secondary N) is 1. The minimum Gasteiger partial charge on any atom is -0.370 e. The molecule has 0 aromatic rings. The van der Waals surface area contributed by atoms with Crippen LogP contribution < -0.4 is 16.8 Å². The summed E-state index contributed by atoms with van der Waals surface area (Å²) >= 11 is 0. The number of ketones is 1. The lowest BCUT2D eigenvalue weighted by Gasteiger charge is -2.23. The molecule has 0 aliphatic rings. The van der Waals surface area contributed by atoms with Gasteiger partial charge in [-0.1, -0.05) is 6.92 Å². The lowest BCUT2D eigenvalue weighted by Crippen LogP contribution is -2.42. The van der Waals surface area contributed by atoms with Crippen LogP contribution in [0.3, 0.4) is 0 Å². The number of carbonyl (C=O) groups excluding carboxylic acids is 2. The topological polar surface area (TPSA) is 152 Å². The largest absolute Gasteiger partial charge is 0.370 e. The predicted octanol–water partition coefficient (Wildman–Crippen LogP) is -0.307. The average Bonchev–Trinajstić information content (AvgIpc) is 2.51. The van der Waals surface area contributed by atoms with Gasteiger partial charge in [-0.25, -0.2) is 9.79 Å². The van der Waals surface area contributed by atoms with E-state index >= 15 is 0 Å². The molecule has 0 spiro atoms. The average molecular weight is 361 g/mol. The summed E-state index contributed by atoms with van der Waals surface area (Å²) in [5.74, 6) is -0.296. The van der Waals surface area contributed by atoms with Crippen molar-refractivity contribution in [1.29, 1.82) is 0 Å². The summed E-state index contributed by atoms with van der Waals surface area (Å²) in [6, 6.07) is 0. The fourth-order valence-corrected chi connectivity index (χ4v) is 1.39. The molecule has 0 aliphatic heterocycles. The van der Waals surface area contributed by atoms with Crippen molar-refractivity contribution in [2.24, 2.45) is 21.5 Å². The van der Waals surface area contributed by atoms with E-state index in [4.69, 9.17) is 16.7 Å². The number of unbranched alkanes of at least 4 members (excludes halogenated alkanes) is 1. The predicted molar refractivity (Wildman–Crippen MR) is 97.9 cm³/mol. The molecule has 0 aromatic heterocycles. The van der Waals surface area contributed by atoms with Gasteiger partial charge in [-0.3, -0.25) is 15.1 Å². The first-order valence-corrected chi connectivity index (χ1v) is 8.02. The molecule has 10 heteroatoms. The molecule has 0 radical (unpaired) electrons. The van der Waals surface area contributed by atoms with E-state index in [0.29, 0.717) is 13.0 Å². The van der Waals surface area contributed by atoms with Gasteiger partial charge in [0.15, 0.2) is 17.7 Å². The number of rotatable bonds is 8. The van der Waals surface area contributed by atoms with Gasteiger partial charge in [0.1, 0.15) is 6.54 Å². The second-order valence-electron chi connectivity index (χ2n) is 6.29. The van der Waals surface area contributed by atoms with Crippen LogP contribution in [0.5, 0.6) is 0 Å². The van der Waals surface area contributed by atoms with Crippen molar-refractivity contribution in [2.45, 2.75) is 33.1 Å². The summed E-state index contributed by atoms with van der Waals surface area (Å²) in [5, 5.41) is 9.96. The number of hydrogen-bond donors (Lipinski definition) is 4. The number of aliphatic imine (C=N–C) groups is 2. The van der Waals surface area contributed by atoms with Crippen LogP contribution >= 0.6 is 0 Å². The summed E-state index contributed by atoms with van der Waals surface area (Å²) < 4.78 is 0.947. The molecule has 10 nitrogen and oxygen atoms in total. The minimum atomic E-state index is -0.690. The maximum atomic E-state index is 11.1. The molecule has 0 unspecified atom stereocenters. The standard InChI is InChI=1S/C13H29N6O.C2H4O3/c1-5-11(20)10-17-13(15)18-12(14)16-8-6-7-9-19(2,3)4;1-2(3)5-4/h5-10H2,1-4H3,(H5,14,15,16,17,18);4H,1H3/q+1;. The van der Waals surface area contributed by atoms with E-state index in [1.165, 1.54) is 0 Å². The Hall–Kier alpha value is -2.20. The van der Waals surface area contributed by atoms with Gasteiger partial charge in [0.2, 0.25) is 0 Å². The van der Waals surface area contributed by atoms with Crippen LogP contribution in [0.2, 0.25) is 0 Å². The van der Waals surface area contributed by atoms with Crippen molar-refractivity contribution in [2.75, 3.05) is 40.8 Å². The van der Waals surface area contributed by atoms with Crippen molar-refractivity contribution in [3.8, 4) is 0 Å². The lowest BCUT2D eigenvalue weighted by molar-refractivity contribution is -0.870. The number of carbonyl (C=O) groups is 2. The molecule has 6 N–H and O–H groups in total. The summed E-state index contributed by atoms with van der Waals surface area (Å²) in [5.41, 5.74) is 11.3. The first-order valence-electron chi connectivity index (χ1n) is 8.02. The Bertz CT molecular complexity index is 457. The maximum Gasteiger partial charge on any atom is 0.339 e. The molecule has 0 saturated heterocycles. The third-order valence-corrected chi connectivity index (χ3v) is 2.72. The quantitative estimate of drug-likeness (QED) is 0.116. The van der Waals surface area contributed by atoms with Crippen LogP contribution in [0.1, 0.15) is 33.1 Å². The van der Waals surface area contributed by atoms with E-state index in [0.717, 1.165) is 30.8 Å². The fourth-order valence-electron chi connectivity index (χ4n) is 1.39. The Balaban J connectivity index is 0. The summed E-state index contributed by atoms with van der Waals surface area (Å²) in [6.07, 6.45) is 2.52. The summed E-state index contributed by atoms with van der Waals surface area (Å²) in [6.45, 7) is 4.73. The second kappa shape index (κ2) is 14.2. The van der Waals surface area contributed by atoms with E-state index in [1.54, 1.807) is 6.92 Å². The number of nitrogens with zero attached hydrogens (tertiary/aromatic N) is 3. The Morgan fingerprint density at radius 3 is 2.08 bits per heavy atom. The molecule has 146 valence electrons. The van der Waals surface area contributed by atoms with Crippen LogP contribution in [0.4, 0.5) is 0 Å². The van der Waals surface area contributed by atoms with Gasteiger partial charge < -0.3 is 20.8 Å². The van der Waals surface area contributed by atoms with Crippen LogP contribution in [-0.2, 0) is 14.5 Å². The summed E-state index contributed by atoms with van der Waals surface area (Å²) in [7, 11) is 6.48. The number of quaternary nitrogens is 1. The van der Waals surface area contributed by atoms with Gasteiger partial charge in [-0.2, -0.15) is 5.26 Å². The molecule has 0 fully saturated rings. The zero-order valence-electron chi connectivity index (χ0n) is 15.9. The third-order valence-electron chi connectivity index (χ3n) is 2.72.